The van der Waals surface area contributed by atoms with Gasteiger partial charge in [0, 0.05) is 30.8 Å². The Labute approximate surface area is 207 Å². The van der Waals surface area contributed by atoms with Crippen LogP contribution in [0.4, 0.5) is 19.1 Å². The molecule has 3 atom stereocenters. The Kier molecular flexibility index (Phi) is 6.66. The summed E-state index contributed by atoms with van der Waals surface area (Å²) < 4.78 is 44.5. The number of nitrogens with one attached hydrogen (secondary N) is 2. The van der Waals surface area contributed by atoms with Crippen molar-refractivity contribution in [1.82, 2.24) is 25.1 Å². The highest BCUT2D eigenvalue weighted by atomic mass is 79.9. The van der Waals surface area contributed by atoms with Crippen LogP contribution in [0.1, 0.15) is 44.8 Å². The number of benzene rings is 1. The third-order valence-electron chi connectivity index (χ3n) is 6.10. The van der Waals surface area contributed by atoms with Crippen molar-refractivity contribution >= 4 is 38.8 Å². The van der Waals surface area contributed by atoms with E-state index < -0.39 is 23.6 Å². The average molecular weight is 557 g/mol. The smallest absolute Gasteiger partial charge is 0.406 e. The fraction of sp³-hybridized carbons (Fsp3) is 0.455. The summed E-state index contributed by atoms with van der Waals surface area (Å²) in [4.78, 5) is 21.1. The summed E-state index contributed by atoms with van der Waals surface area (Å²) in [5, 5.41) is 20.9. The Morgan fingerprint density at radius 2 is 2.11 bits per heavy atom. The molecule has 2 unspecified atom stereocenters. The zero-order chi connectivity index (χ0) is 25.5. The molecule has 0 spiro atoms. The molecule has 13 heteroatoms. The van der Waals surface area contributed by atoms with Gasteiger partial charge in [0.1, 0.15) is 10.4 Å². The fourth-order valence-electron chi connectivity index (χ4n) is 4.33. The van der Waals surface area contributed by atoms with Gasteiger partial charge in [-0.2, -0.15) is 10.1 Å². The third kappa shape index (κ3) is 5.35. The van der Waals surface area contributed by atoms with E-state index in [2.05, 4.69) is 46.4 Å². The topological polar surface area (TPSA) is 114 Å². The van der Waals surface area contributed by atoms with Gasteiger partial charge in [0.15, 0.2) is 5.65 Å². The molecule has 0 radical (unpaired) electrons. The van der Waals surface area contributed by atoms with Gasteiger partial charge in [0.2, 0.25) is 11.9 Å². The number of anilines is 1. The normalized spacial score (nSPS) is 21.2. The maximum Gasteiger partial charge on any atom is 0.573 e. The predicted octanol–water partition coefficient (Wildman–Crippen LogP) is 4.25. The van der Waals surface area contributed by atoms with Crippen LogP contribution in [0.15, 0.2) is 29.0 Å². The average Bonchev–Trinajstić information content (AvgIpc) is 3.32. The molecule has 2 aromatic heterocycles. The number of aliphatic hydroxyl groups excluding tert-OH is 1. The van der Waals surface area contributed by atoms with Gasteiger partial charge >= 0.3 is 6.36 Å². The maximum absolute atomic E-state index is 12.9. The van der Waals surface area contributed by atoms with Gasteiger partial charge in [0.25, 0.3) is 0 Å². The lowest BCUT2D eigenvalue weighted by Gasteiger charge is -2.22. The molecule has 35 heavy (non-hydrogen) atoms. The van der Waals surface area contributed by atoms with Crippen molar-refractivity contribution in [2.45, 2.75) is 51.6 Å². The molecule has 1 aromatic carbocycles. The summed E-state index contributed by atoms with van der Waals surface area (Å²) in [6, 6.07) is 3.76. The van der Waals surface area contributed by atoms with Crippen LogP contribution in [0.2, 0.25) is 0 Å². The molecule has 1 fully saturated rings. The Bertz CT molecular complexity index is 1270. The summed E-state index contributed by atoms with van der Waals surface area (Å²) in [6.45, 7) is 3.35. The van der Waals surface area contributed by atoms with Gasteiger partial charge in [-0.25, -0.2) is 9.67 Å². The van der Waals surface area contributed by atoms with E-state index in [9.17, 15) is 23.1 Å². The molecule has 1 saturated carbocycles. The Balaban J connectivity index is 1.70. The third-order valence-corrected chi connectivity index (χ3v) is 6.69. The van der Waals surface area contributed by atoms with Crippen molar-refractivity contribution in [1.29, 1.82) is 0 Å². The Morgan fingerprint density at radius 3 is 2.77 bits per heavy atom. The maximum atomic E-state index is 12.9. The van der Waals surface area contributed by atoms with Crippen molar-refractivity contribution in [2.75, 3.05) is 12.4 Å². The molecule has 1 aliphatic rings. The van der Waals surface area contributed by atoms with E-state index >= 15 is 0 Å². The SMILES string of the molecule is CNC(=O)C1(C)CC[C@@H](Nc2ncc3c(Br)nn(-c4cc(OC(F)(F)F)cc(C(C)O)c4)c3n2)C1. The van der Waals surface area contributed by atoms with Crippen molar-refractivity contribution < 1.29 is 27.8 Å². The van der Waals surface area contributed by atoms with E-state index in [4.69, 9.17) is 0 Å². The van der Waals surface area contributed by atoms with E-state index in [1.165, 1.54) is 23.7 Å². The predicted molar refractivity (Wildman–Crippen MR) is 125 cm³/mol. The first kappa shape index (κ1) is 25.2. The molecule has 188 valence electrons. The number of fused-ring (bicyclic) bond motifs is 1. The van der Waals surface area contributed by atoms with E-state index in [0.717, 1.165) is 12.5 Å². The van der Waals surface area contributed by atoms with Crippen LogP contribution >= 0.6 is 15.9 Å². The van der Waals surface area contributed by atoms with Crippen molar-refractivity contribution in [3.63, 3.8) is 0 Å². The van der Waals surface area contributed by atoms with E-state index in [-0.39, 0.29) is 23.2 Å². The molecule has 3 N–H and O–H groups in total. The summed E-state index contributed by atoms with van der Waals surface area (Å²) in [6.07, 6.45) is -2.32. The molecule has 0 saturated heterocycles. The largest absolute Gasteiger partial charge is 0.573 e. The molecular formula is C22H24BrF3N6O3. The molecule has 0 aliphatic heterocycles. The minimum absolute atomic E-state index is 0.0185. The van der Waals surface area contributed by atoms with Crippen LogP contribution in [-0.4, -0.2) is 50.2 Å². The zero-order valence-electron chi connectivity index (χ0n) is 19.1. The standard InChI is InChI=1S/C22H24BrF3N6O3/c1-11(33)12-6-14(8-15(7-12)35-22(24,25)26)32-18-16(17(23)31-32)10-28-20(30-18)29-13-4-5-21(2,9-13)19(34)27-3/h6-8,10-11,13,33H,4-5,9H2,1-3H3,(H,27,34)(H,28,29,30)/t11?,13-,21?/m1/s1. The van der Waals surface area contributed by atoms with Crippen LogP contribution < -0.4 is 15.4 Å². The lowest BCUT2D eigenvalue weighted by molar-refractivity contribution is -0.274. The summed E-state index contributed by atoms with van der Waals surface area (Å²) in [5.41, 5.74) is 0.282. The van der Waals surface area contributed by atoms with Crippen molar-refractivity contribution in [2.24, 2.45) is 5.41 Å². The lowest BCUT2D eigenvalue weighted by atomic mass is 9.87. The number of amides is 1. The highest BCUT2D eigenvalue weighted by Gasteiger charge is 2.41. The van der Waals surface area contributed by atoms with Crippen molar-refractivity contribution in [3.8, 4) is 11.4 Å². The number of halogens is 4. The number of aliphatic hydroxyl groups is 1. The van der Waals surface area contributed by atoms with Gasteiger partial charge in [-0.1, -0.05) is 6.92 Å². The first-order chi connectivity index (χ1) is 16.4. The van der Waals surface area contributed by atoms with Gasteiger partial charge in [0.05, 0.1) is 17.2 Å². The number of rotatable bonds is 6. The number of nitrogens with zero attached hydrogens (tertiary/aromatic N) is 4. The van der Waals surface area contributed by atoms with E-state index in [0.29, 0.717) is 34.4 Å². The minimum Gasteiger partial charge on any atom is -0.406 e. The highest BCUT2D eigenvalue weighted by molar-refractivity contribution is 9.10. The minimum atomic E-state index is -4.90. The number of carbonyl (C=O) groups excluding carboxylic acids is 1. The number of carbonyl (C=O) groups is 1. The molecule has 0 bridgehead atoms. The first-order valence-electron chi connectivity index (χ1n) is 10.9. The van der Waals surface area contributed by atoms with Gasteiger partial charge < -0.3 is 20.5 Å². The lowest BCUT2D eigenvalue weighted by Crippen LogP contribution is -2.35. The first-order valence-corrected chi connectivity index (χ1v) is 11.7. The molecule has 1 amide bonds. The highest BCUT2D eigenvalue weighted by Crippen LogP contribution is 2.39. The fourth-order valence-corrected chi connectivity index (χ4v) is 4.77. The van der Waals surface area contributed by atoms with Crippen LogP contribution in [0.3, 0.4) is 0 Å². The van der Waals surface area contributed by atoms with Gasteiger partial charge in [-0.05, 0) is 59.8 Å². The number of aromatic nitrogens is 4. The second kappa shape index (κ2) is 9.26. The summed E-state index contributed by atoms with van der Waals surface area (Å²) in [5.74, 6) is -0.205. The Hall–Kier alpha value is -2.93. The zero-order valence-corrected chi connectivity index (χ0v) is 20.7. The quantitative estimate of drug-likeness (QED) is 0.416. The van der Waals surface area contributed by atoms with Gasteiger partial charge in [-0.15, -0.1) is 13.2 Å². The number of ether oxygens (including phenoxy) is 1. The second-order valence-electron chi connectivity index (χ2n) is 8.84. The molecule has 1 aliphatic carbocycles. The molecule has 2 heterocycles. The molecule has 3 aromatic rings. The number of alkyl halides is 3. The molecule has 4 rings (SSSR count). The van der Waals surface area contributed by atoms with Crippen LogP contribution in [-0.2, 0) is 4.79 Å². The molecular weight excluding hydrogens is 533 g/mol. The molecule has 9 nitrogen and oxygen atoms in total. The van der Waals surface area contributed by atoms with Gasteiger partial charge in [-0.3, -0.25) is 4.79 Å². The van der Waals surface area contributed by atoms with E-state index in [1.807, 2.05) is 6.92 Å². The van der Waals surface area contributed by atoms with Crippen molar-refractivity contribution in [3.05, 3.63) is 34.6 Å². The second-order valence-corrected chi connectivity index (χ2v) is 9.59. The number of hydrogen-bond donors (Lipinski definition) is 3. The monoisotopic (exact) mass is 556 g/mol. The van der Waals surface area contributed by atoms with Crippen LogP contribution in [0.5, 0.6) is 5.75 Å². The summed E-state index contributed by atoms with van der Waals surface area (Å²) in [7, 11) is 1.61. The number of hydrogen-bond acceptors (Lipinski definition) is 7. The Morgan fingerprint density at radius 1 is 1.37 bits per heavy atom. The summed E-state index contributed by atoms with van der Waals surface area (Å²) >= 11 is 3.34. The van der Waals surface area contributed by atoms with Crippen LogP contribution in [0, 0.1) is 5.41 Å². The van der Waals surface area contributed by atoms with Crippen LogP contribution in [0.25, 0.3) is 16.7 Å². The van der Waals surface area contributed by atoms with E-state index in [1.54, 1.807) is 13.2 Å².